The maximum Gasteiger partial charge on any atom is 0.303 e. The molecular formula is C15H15Cl2N3O3. The van der Waals surface area contributed by atoms with E-state index >= 15 is 0 Å². The van der Waals surface area contributed by atoms with Crippen molar-refractivity contribution in [1.29, 1.82) is 0 Å². The van der Waals surface area contributed by atoms with E-state index in [9.17, 15) is 9.59 Å². The Morgan fingerprint density at radius 1 is 1.35 bits per heavy atom. The first-order chi connectivity index (χ1) is 10.9. The minimum atomic E-state index is -0.879. The van der Waals surface area contributed by atoms with Crippen molar-refractivity contribution >= 4 is 35.1 Å². The summed E-state index contributed by atoms with van der Waals surface area (Å²) in [5.41, 5.74) is 1.01. The summed E-state index contributed by atoms with van der Waals surface area (Å²) < 4.78 is 1.50. The molecule has 2 rings (SSSR count). The normalized spacial score (nSPS) is 10.6. The van der Waals surface area contributed by atoms with Crippen molar-refractivity contribution < 1.29 is 14.7 Å². The summed E-state index contributed by atoms with van der Waals surface area (Å²) in [7, 11) is 1.62. The molecule has 1 heterocycles. The van der Waals surface area contributed by atoms with Crippen molar-refractivity contribution in [2.45, 2.75) is 12.8 Å². The molecule has 1 amide bonds. The Morgan fingerprint density at radius 2 is 2.09 bits per heavy atom. The molecule has 0 saturated heterocycles. The Bertz CT molecular complexity index is 731. The van der Waals surface area contributed by atoms with Crippen LogP contribution in [-0.2, 0) is 4.79 Å². The number of halogens is 2. The van der Waals surface area contributed by atoms with Crippen molar-refractivity contribution in [1.82, 2.24) is 14.7 Å². The van der Waals surface area contributed by atoms with Gasteiger partial charge in [0.05, 0.1) is 22.5 Å². The van der Waals surface area contributed by atoms with E-state index in [1.54, 1.807) is 31.4 Å². The largest absolute Gasteiger partial charge is 0.481 e. The van der Waals surface area contributed by atoms with Gasteiger partial charge in [-0.1, -0.05) is 23.2 Å². The molecule has 122 valence electrons. The minimum absolute atomic E-state index is 0.0251. The molecule has 0 saturated carbocycles. The Labute approximate surface area is 143 Å². The van der Waals surface area contributed by atoms with E-state index in [0.29, 0.717) is 34.3 Å². The highest BCUT2D eigenvalue weighted by Gasteiger charge is 2.15. The van der Waals surface area contributed by atoms with Gasteiger partial charge in [0.1, 0.15) is 0 Å². The standard InChI is InChI=1S/C15H15Cl2N3O3/c1-19(6-2-3-14(21)22)15(23)10-8-18-20(9-10)13-5-4-11(16)7-12(13)17/h4-5,7-9H,2-3,6H2,1H3,(H,21,22). The average molecular weight is 356 g/mol. The maximum absolute atomic E-state index is 12.3. The lowest BCUT2D eigenvalue weighted by Crippen LogP contribution is -2.27. The van der Waals surface area contributed by atoms with E-state index in [1.165, 1.54) is 15.8 Å². The number of hydrogen-bond acceptors (Lipinski definition) is 3. The van der Waals surface area contributed by atoms with Gasteiger partial charge in [-0.3, -0.25) is 9.59 Å². The number of carbonyl (C=O) groups is 2. The molecule has 1 aromatic carbocycles. The van der Waals surface area contributed by atoms with Crippen molar-refractivity contribution in [3.8, 4) is 5.69 Å². The van der Waals surface area contributed by atoms with Crippen LogP contribution < -0.4 is 0 Å². The lowest BCUT2D eigenvalue weighted by Gasteiger charge is -2.15. The zero-order valence-corrected chi connectivity index (χ0v) is 13.9. The molecule has 8 heteroatoms. The van der Waals surface area contributed by atoms with Gasteiger partial charge in [0.15, 0.2) is 0 Å². The summed E-state index contributed by atoms with van der Waals surface area (Å²) >= 11 is 12.0. The second kappa shape index (κ2) is 7.48. The molecule has 6 nitrogen and oxygen atoms in total. The third-order valence-electron chi connectivity index (χ3n) is 3.22. The molecule has 0 bridgehead atoms. The number of aromatic nitrogens is 2. The molecule has 0 atom stereocenters. The van der Waals surface area contributed by atoms with Crippen LogP contribution in [0.3, 0.4) is 0 Å². The summed E-state index contributed by atoms with van der Waals surface area (Å²) in [6.45, 7) is 0.359. The summed E-state index contributed by atoms with van der Waals surface area (Å²) in [5, 5.41) is 13.7. The lowest BCUT2D eigenvalue weighted by molar-refractivity contribution is -0.137. The van der Waals surface area contributed by atoms with Gasteiger partial charge in [-0.2, -0.15) is 5.10 Å². The quantitative estimate of drug-likeness (QED) is 0.863. The molecule has 0 aliphatic carbocycles. The first-order valence-electron chi connectivity index (χ1n) is 6.86. The summed E-state index contributed by atoms with van der Waals surface area (Å²) in [6, 6.07) is 4.99. The zero-order chi connectivity index (χ0) is 17.0. The van der Waals surface area contributed by atoms with E-state index in [0.717, 1.165) is 0 Å². The van der Waals surface area contributed by atoms with Crippen LogP contribution in [0.15, 0.2) is 30.6 Å². The fourth-order valence-corrected chi connectivity index (χ4v) is 2.52. The van der Waals surface area contributed by atoms with Gasteiger partial charge in [0.2, 0.25) is 0 Å². The highest BCUT2D eigenvalue weighted by atomic mass is 35.5. The summed E-state index contributed by atoms with van der Waals surface area (Å²) in [5.74, 6) is -1.11. The van der Waals surface area contributed by atoms with Crippen LogP contribution in [0.1, 0.15) is 23.2 Å². The van der Waals surface area contributed by atoms with Gasteiger partial charge in [-0.15, -0.1) is 0 Å². The van der Waals surface area contributed by atoms with Gasteiger partial charge in [-0.05, 0) is 24.6 Å². The van der Waals surface area contributed by atoms with Crippen LogP contribution in [-0.4, -0.2) is 45.3 Å². The molecule has 0 aliphatic rings. The monoisotopic (exact) mass is 355 g/mol. The number of amides is 1. The number of aliphatic carboxylic acids is 1. The SMILES string of the molecule is CN(CCCC(=O)O)C(=O)c1cnn(-c2ccc(Cl)cc2Cl)c1. The highest BCUT2D eigenvalue weighted by Crippen LogP contribution is 2.24. The van der Waals surface area contributed by atoms with Crippen molar-refractivity contribution in [3.05, 3.63) is 46.2 Å². The van der Waals surface area contributed by atoms with Crippen molar-refractivity contribution in [2.75, 3.05) is 13.6 Å². The second-order valence-electron chi connectivity index (χ2n) is 4.99. The van der Waals surface area contributed by atoms with Crippen LogP contribution in [0.4, 0.5) is 0 Å². The van der Waals surface area contributed by atoms with E-state index < -0.39 is 5.97 Å². The fraction of sp³-hybridized carbons (Fsp3) is 0.267. The van der Waals surface area contributed by atoms with Crippen molar-refractivity contribution in [2.24, 2.45) is 0 Å². The third kappa shape index (κ3) is 4.46. The molecular weight excluding hydrogens is 341 g/mol. The number of carbonyl (C=O) groups excluding carboxylic acids is 1. The van der Waals surface area contributed by atoms with Crippen LogP contribution in [0.2, 0.25) is 10.0 Å². The number of carboxylic acids is 1. The Kier molecular flexibility index (Phi) is 5.63. The van der Waals surface area contributed by atoms with Crippen molar-refractivity contribution in [3.63, 3.8) is 0 Å². The highest BCUT2D eigenvalue weighted by molar-refractivity contribution is 6.35. The van der Waals surface area contributed by atoms with E-state index in [4.69, 9.17) is 28.3 Å². The predicted molar refractivity (Wildman–Crippen MR) is 87.4 cm³/mol. The third-order valence-corrected chi connectivity index (χ3v) is 3.75. The zero-order valence-electron chi connectivity index (χ0n) is 12.4. The maximum atomic E-state index is 12.3. The summed E-state index contributed by atoms with van der Waals surface area (Å²) in [6.07, 6.45) is 3.44. The van der Waals surface area contributed by atoms with Crippen LogP contribution >= 0.6 is 23.2 Å². The Hall–Kier alpha value is -2.05. The number of benzene rings is 1. The molecule has 0 radical (unpaired) electrons. The molecule has 23 heavy (non-hydrogen) atoms. The number of hydrogen-bond donors (Lipinski definition) is 1. The Morgan fingerprint density at radius 3 is 2.74 bits per heavy atom. The number of carboxylic acid groups (broad SMARTS) is 1. The minimum Gasteiger partial charge on any atom is -0.481 e. The first kappa shape index (κ1) is 17.3. The topological polar surface area (TPSA) is 75.4 Å². The van der Waals surface area contributed by atoms with Gasteiger partial charge >= 0.3 is 5.97 Å². The molecule has 0 unspecified atom stereocenters. The Balaban J connectivity index is 2.09. The molecule has 0 aliphatic heterocycles. The van der Waals surface area contributed by atoms with Gasteiger partial charge in [-0.25, -0.2) is 4.68 Å². The van der Waals surface area contributed by atoms with E-state index in [-0.39, 0.29) is 12.3 Å². The molecule has 0 spiro atoms. The first-order valence-corrected chi connectivity index (χ1v) is 7.61. The van der Waals surface area contributed by atoms with Gasteiger partial charge < -0.3 is 10.0 Å². The van der Waals surface area contributed by atoms with E-state index in [2.05, 4.69) is 5.10 Å². The molecule has 1 N–H and O–H groups in total. The fourth-order valence-electron chi connectivity index (χ4n) is 2.02. The second-order valence-corrected chi connectivity index (χ2v) is 5.84. The van der Waals surface area contributed by atoms with Crippen LogP contribution in [0.5, 0.6) is 0 Å². The summed E-state index contributed by atoms with van der Waals surface area (Å²) in [4.78, 5) is 24.2. The predicted octanol–water partition coefficient (Wildman–Crippen LogP) is 3.12. The van der Waals surface area contributed by atoms with Gasteiger partial charge in [0, 0.05) is 31.2 Å². The van der Waals surface area contributed by atoms with Crippen LogP contribution in [0.25, 0.3) is 5.69 Å². The lowest BCUT2D eigenvalue weighted by atomic mass is 10.2. The van der Waals surface area contributed by atoms with Crippen LogP contribution in [0, 0.1) is 0 Å². The molecule has 1 aromatic heterocycles. The van der Waals surface area contributed by atoms with E-state index in [1.807, 2.05) is 0 Å². The smallest absolute Gasteiger partial charge is 0.303 e. The number of rotatable bonds is 6. The van der Waals surface area contributed by atoms with Gasteiger partial charge in [0.25, 0.3) is 5.91 Å². The average Bonchev–Trinajstić information content (AvgIpc) is 2.95. The molecule has 2 aromatic rings. The number of nitrogens with zero attached hydrogens (tertiary/aromatic N) is 3. The molecule has 0 fully saturated rings.